The predicted octanol–water partition coefficient (Wildman–Crippen LogP) is 3.98. The van der Waals surface area contributed by atoms with Crippen molar-refractivity contribution in [1.29, 1.82) is 0 Å². The third-order valence-corrected chi connectivity index (χ3v) is 5.12. The van der Waals surface area contributed by atoms with Gasteiger partial charge in [-0.3, -0.25) is 9.59 Å². The molecule has 1 amide bonds. The lowest BCUT2D eigenvalue weighted by Crippen LogP contribution is -2.27. The molecular formula is C25H21F3N4O5. The first-order valence-corrected chi connectivity index (χ1v) is 10.9. The van der Waals surface area contributed by atoms with Crippen molar-refractivity contribution in [3.05, 3.63) is 82.8 Å². The van der Waals surface area contributed by atoms with E-state index >= 15 is 0 Å². The Bertz CT molecular complexity index is 1450. The van der Waals surface area contributed by atoms with Crippen molar-refractivity contribution in [2.24, 2.45) is 0 Å². The summed E-state index contributed by atoms with van der Waals surface area (Å²) >= 11 is 0. The number of carbonyl (C=O) groups excluding carboxylic acids is 1. The predicted molar refractivity (Wildman–Crippen MR) is 126 cm³/mol. The zero-order chi connectivity index (χ0) is 26.6. The van der Waals surface area contributed by atoms with E-state index in [9.17, 15) is 22.8 Å². The highest BCUT2D eigenvalue weighted by molar-refractivity contribution is 5.77. The van der Waals surface area contributed by atoms with Crippen LogP contribution in [0.5, 0.6) is 11.5 Å². The van der Waals surface area contributed by atoms with Crippen LogP contribution in [0.15, 0.2) is 76.2 Å². The molecular weight excluding hydrogens is 493 g/mol. The smallest absolute Gasteiger partial charge is 0.484 e. The van der Waals surface area contributed by atoms with E-state index in [0.717, 1.165) is 17.7 Å². The van der Waals surface area contributed by atoms with Gasteiger partial charge in [-0.25, -0.2) is 0 Å². The van der Waals surface area contributed by atoms with Crippen molar-refractivity contribution in [2.75, 3.05) is 20.7 Å². The summed E-state index contributed by atoms with van der Waals surface area (Å²) in [5.41, 5.74) is 1.39. The van der Waals surface area contributed by atoms with E-state index in [1.807, 2.05) is 6.07 Å². The fraction of sp³-hybridized carbons (Fsp3) is 0.200. The minimum atomic E-state index is -4.79. The second-order valence-corrected chi connectivity index (χ2v) is 8.10. The summed E-state index contributed by atoms with van der Waals surface area (Å²) in [6, 6.07) is 15.0. The Balaban J connectivity index is 1.49. The highest BCUT2D eigenvalue weighted by Gasteiger charge is 2.31. The van der Waals surface area contributed by atoms with Crippen LogP contribution in [0, 0.1) is 0 Å². The first kappa shape index (κ1) is 25.5. The fourth-order valence-electron chi connectivity index (χ4n) is 3.25. The van der Waals surface area contributed by atoms with Gasteiger partial charge in [0.05, 0.1) is 12.1 Å². The Morgan fingerprint density at radius 3 is 2.46 bits per heavy atom. The van der Waals surface area contributed by atoms with Crippen molar-refractivity contribution < 1.29 is 32.0 Å². The largest absolute Gasteiger partial charge is 0.573 e. The number of aromatic nitrogens is 3. The normalized spacial score (nSPS) is 11.3. The summed E-state index contributed by atoms with van der Waals surface area (Å²) in [7, 11) is 3.27. The molecule has 2 heterocycles. The monoisotopic (exact) mass is 514 g/mol. The van der Waals surface area contributed by atoms with Crippen molar-refractivity contribution in [2.45, 2.75) is 12.9 Å². The van der Waals surface area contributed by atoms with Gasteiger partial charge in [0.15, 0.2) is 6.61 Å². The number of alkyl halides is 3. The lowest BCUT2D eigenvalue weighted by Gasteiger charge is -2.12. The van der Waals surface area contributed by atoms with E-state index in [1.165, 1.54) is 33.7 Å². The summed E-state index contributed by atoms with van der Waals surface area (Å²) in [4.78, 5) is 29.9. The van der Waals surface area contributed by atoms with Crippen molar-refractivity contribution >= 4 is 5.91 Å². The molecule has 9 nitrogen and oxygen atoms in total. The highest BCUT2D eigenvalue weighted by atomic mass is 19.4. The van der Waals surface area contributed by atoms with Gasteiger partial charge in [-0.15, -0.1) is 13.2 Å². The van der Waals surface area contributed by atoms with Crippen LogP contribution in [0.3, 0.4) is 0 Å². The molecule has 4 aromatic rings. The molecule has 2 aromatic heterocycles. The van der Waals surface area contributed by atoms with E-state index in [-0.39, 0.29) is 42.1 Å². The Morgan fingerprint density at radius 1 is 1.03 bits per heavy atom. The molecule has 0 saturated heterocycles. The van der Waals surface area contributed by atoms with Crippen LogP contribution < -0.4 is 15.0 Å². The molecule has 192 valence electrons. The summed E-state index contributed by atoms with van der Waals surface area (Å²) < 4.78 is 53.2. The number of amides is 1. The Labute approximate surface area is 208 Å². The number of benzene rings is 2. The summed E-state index contributed by atoms with van der Waals surface area (Å²) in [6.45, 7) is 0.108. The van der Waals surface area contributed by atoms with E-state index in [0.29, 0.717) is 16.9 Å². The standard InChI is InChI=1S/C25H21F3N4O5/c1-31(2)22(34)15-35-20-5-3-4-16(12-20)13-32-14-18(8-11-21(32)33)24-29-23(30-37-24)17-6-9-19(10-7-17)36-25(26,27)28/h3-12,14H,13,15H2,1-2H3. The molecule has 0 saturated carbocycles. The lowest BCUT2D eigenvalue weighted by molar-refractivity contribution is -0.274. The number of nitrogens with zero attached hydrogens (tertiary/aromatic N) is 4. The van der Waals surface area contributed by atoms with Crippen LogP contribution in [0.2, 0.25) is 0 Å². The maximum absolute atomic E-state index is 12.5. The first-order chi connectivity index (χ1) is 17.6. The second-order valence-electron chi connectivity index (χ2n) is 8.10. The van der Waals surface area contributed by atoms with E-state index in [2.05, 4.69) is 14.9 Å². The maximum Gasteiger partial charge on any atom is 0.573 e. The van der Waals surface area contributed by atoms with Crippen molar-refractivity contribution in [1.82, 2.24) is 19.6 Å². The number of hydrogen-bond donors (Lipinski definition) is 0. The zero-order valence-electron chi connectivity index (χ0n) is 19.7. The van der Waals surface area contributed by atoms with Gasteiger partial charge in [0.25, 0.3) is 17.4 Å². The Kier molecular flexibility index (Phi) is 7.27. The number of pyridine rings is 1. The molecule has 0 N–H and O–H groups in total. The lowest BCUT2D eigenvalue weighted by atomic mass is 10.2. The van der Waals surface area contributed by atoms with Gasteiger partial charge in [-0.2, -0.15) is 4.98 Å². The minimum absolute atomic E-state index is 0.108. The van der Waals surface area contributed by atoms with Crippen LogP contribution in [0.4, 0.5) is 13.2 Å². The average molecular weight is 514 g/mol. The van der Waals surface area contributed by atoms with Gasteiger partial charge in [0.2, 0.25) is 5.82 Å². The van der Waals surface area contributed by atoms with Gasteiger partial charge in [0, 0.05) is 31.9 Å². The third-order valence-electron chi connectivity index (χ3n) is 5.12. The number of ether oxygens (including phenoxy) is 2. The molecule has 0 spiro atoms. The molecule has 0 unspecified atom stereocenters. The molecule has 0 aliphatic rings. The van der Waals surface area contributed by atoms with Gasteiger partial charge >= 0.3 is 6.36 Å². The second kappa shape index (κ2) is 10.6. The van der Waals surface area contributed by atoms with Gasteiger partial charge in [0.1, 0.15) is 11.5 Å². The SMILES string of the molecule is CN(C)C(=O)COc1cccc(Cn2cc(-c3nc(-c4ccc(OC(F)(F)F)cc4)no3)ccc2=O)c1. The topological polar surface area (TPSA) is 99.7 Å². The van der Waals surface area contributed by atoms with E-state index in [4.69, 9.17) is 9.26 Å². The van der Waals surface area contributed by atoms with Gasteiger partial charge < -0.3 is 23.5 Å². The molecule has 4 rings (SSSR count). The fourth-order valence-corrected chi connectivity index (χ4v) is 3.25. The summed E-state index contributed by atoms with van der Waals surface area (Å²) in [6.07, 6.45) is -3.23. The van der Waals surface area contributed by atoms with Crippen molar-refractivity contribution in [3.63, 3.8) is 0 Å². The van der Waals surface area contributed by atoms with Crippen LogP contribution in [0.1, 0.15) is 5.56 Å². The van der Waals surface area contributed by atoms with Crippen LogP contribution in [-0.4, -0.2) is 52.6 Å². The molecule has 12 heteroatoms. The molecule has 0 fully saturated rings. The quantitative estimate of drug-likeness (QED) is 0.351. The van der Waals surface area contributed by atoms with Gasteiger partial charge in [-0.05, 0) is 48.0 Å². The maximum atomic E-state index is 12.5. The molecule has 0 aliphatic carbocycles. The summed E-state index contributed by atoms with van der Waals surface area (Å²) in [5.74, 6) is 0.219. The average Bonchev–Trinajstić information content (AvgIpc) is 3.34. The summed E-state index contributed by atoms with van der Waals surface area (Å²) in [5, 5.41) is 3.88. The first-order valence-electron chi connectivity index (χ1n) is 10.9. The van der Waals surface area contributed by atoms with E-state index < -0.39 is 6.36 Å². The number of hydrogen-bond acceptors (Lipinski definition) is 7. The van der Waals surface area contributed by atoms with Crippen molar-refractivity contribution in [3.8, 4) is 34.3 Å². The molecule has 0 atom stereocenters. The zero-order valence-corrected chi connectivity index (χ0v) is 19.7. The number of likely N-dealkylation sites (N-methyl/N-ethyl adjacent to an activating group) is 1. The molecule has 37 heavy (non-hydrogen) atoms. The van der Waals surface area contributed by atoms with Crippen LogP contribution in [-0.2, 0) is 11.3 Å². The van der Waals surface area contributed by atoms with Gasteiger partial charge in [-0.1, -0.05) is 17.3 Å². The Morgan fingerprint density at radius 2 is 1.76 bits per heavy atom. The molecule has 0 radical (unpaired) electrons. The third kappa shape index (κ3) is 6.75. The number of halogens is 3. The van der Waals surface area contributed by atoms with Crippen LogP contribution >= 0.6 is 0 Å². The number of carbonyl (C=O) groups is 1. The number of rotatable bonds is 8. The molecule has 0 aliphatic heterocycles. The molecule has 2 aromatic carbocycles. The highest BCUT2D eigenvalue weighted by Crippen LogP contribution is 2.27. The van der Waals surface area contributed by atoms with E-state index in [1.54, 1.807) is 38.5 Å². The molecule has 0 bridgehead atoms. The van der Waals surface area contributed by atoms with Crippen LogP contribution in [0.25, 0.3) is 22.8 Å². The Hall–Kier alpha value is -4.61. The minimum Gasteiger partial charge on any atom is -0.484 e.